The molecule has 0 saturated heterocycles. The molecule has 0 bridgehead atoms. The summed E-state index contributed by atoms with van der Waals surface area (Å²) in [4.78, 5) is 22.0. The average molecular weight is 417 g/mol. The normalized spacial score (nSPS) is 20.9. The van der Waals surface area contributed by atoms with Crippen LogP contribution in [0.2, 0.25) is 0 Å². The Morgan fingerprint density at radius 3 is 2.73 bits per heavy atom. The van der Waals surface area contributed by atoms with Gasteiger partial charge < -0.3 is 0 Å². The Hall–Kier alpha value is -1.83. The summed E-state index contributed by atoms with van der Waals surface area (Å²) in [5.74, 6) is -0.148. The van der Waals surface area contributed by atoms with E-state index in [-0.39, 0.29) is 5.91 Å². The molecular weight excluding hydrogens is 407 g/mol. The number of H-pyrrole nitrogens is 1. The SMILES string of the molecule is CN1C(=O)C(c2cccc(Br)c2)(c2c[nH]c(C#N)c2)N=C1[As]. The van der Waals surface area contributed by atoms with Crippen LogP contribution in [0.3, 0.4) is 0 Å². The number of amidine groups is 1. The number of nitrogens with one attached hydrogen (secondary N) is 1. The van der Waals surface area contributed by atoms with Gasteiger partial charge in [0, 0.05) is 0 Å². The third kappa shape index (κ3) is 2.13. The maximum atomic E-state index is 12.9. The van der Waals surface area contributed by atoms with Gasteiger partial charge in [0.15, 0.2) is 0 Å². The molecule has 108 valence electrons. The number of nitrogens with zero attached hydrogens (tertiary/aromatic N) is 3. The fourth-order valence-electron chi connectivity index (χ4n) is 2.53. The summed E-state index contributed by atoms with van der Waals surface area (Å²) in [5.41, 5.74) is 0.643. The third-order valence-electron chi connectivity index (χ3n) is 3.65. The third-order valence-corrected chi connectivity index (χ3v) is 4.98. The molecular formula is C15H10AsBrN4O. The molecule has 5 nitrogen and oxygen atoms in total. The molecule has 2 aromatic rings. The molecule has 1 aliphatic heterocycles. The number of hydrogen-bond acceptors (Lipinski definition) is 3. The first-order valence-corrected chi connectivity index (χ1v) is 8.14. The second kappa shape index (κ2) is 5.42. The van der Waals surface area contributed by atoms with Gasteiger partial charge in [-0.25, -0.2) is 0 Å². The summed E-state index contributed by atoms with van der Waals surface area (Å²) in [6, 6.07) is 11.2. The number of carbonyl (C=O) groups excluding carboxylic acids is 1. The first-order valence-electron chi connectivity index (χ1n) is 6.41. The summed E-state index contributed by atoms with van der Waals surface area (Å²) < 4.78 is 1.45. The number of rotatable bonds is 2. The van der Waals surface area contributed by atoms with Crippen molar-refractivity contribution in [2.45, 2.75) is 5.54 Å². The van der Waals surface area contributed by atoms with E-state index in [9.17, 15) is 4.79 Å². The van der Waals surface area contributed by atoms with Gasteiger partial charge in [-0.1, -0.05) is 0 Å². The van der Waals surface area contributed by atoms with Gasteiger partial charge in [0.25, 0.3) is 0 Å². The first-order chi connectivity index (χ1) is 10.5. The number of halogens is 1. The van der Waals surface area contributed by atoms with Crippen LogP contribution >= 0.6 is 15.9 Å². The van der Waals surface area contributed by atoms with E-state index in [0.717, 1.165) is 10.0 Å². The Balaban J connectivity index is 2.29. The minimum atomic E-state index is -1.16. The van der Waals surface area contributed by atoms with E-state index in [1.165, 1.54) is 4.90 Å². The number of aliphatic imine (C=N–C) groups is 1. The molecule has 22 heavy (non-hydrogen) atoms. The summed E-state index contributed by atoms with van der Waals surface area (Å²) in [5, 5.41) is 9.04. The van der Waals surface area contributed by atoms with E-state index in [1.54, 1.807) is 19.3 Å². The molecule has 1 unspecified atom stereocenters. The standard InChI is InChI=1S/C15H10AsBrN4O/c1-21-13(22)15(20-14(21)16,9-3-2-4-11(17)5-9)10-6-12(7-18)19-8-10/h2-6,8,19H,1H3. The number of benzene rings is 1. The Bertz CT molecular complexity index is 838. The van der Waals surface area contributed by atoms with E-state index in [0.29, 0.717) is 15.9 Å². The summed E-state index contributed by atoms with van der Waals surface area (Å²) in [6.45, 7) is 0. The van der Waals surface area contributed by atoms with Crippen LogP contribution < -0.4 is 0 Å². The Morgan fingerprint density at radius 1 is 1.41 bits per heavy atom. The van der Waals surface area contributed by atoms with Crippen molar-refractivity contribution in [1.82, 2.24) is 9.88 Å². The maximum absolute atomic E-state index is 12.9. The van der Waals surface area contributed by atoms with Crippen molar-refractivity contribution in [2.24, 2.45) is 4.99 Å². The van der Waals surface area contributed by atoms with Crippen molar-refractivity contribution in [3.05, 3.63) is 57.8 Å². The fraction of sp³-hybridized carbons (Fsp3) is 0.133. The average Bonchev–Trinajstić information content (AvgIpc) is 3.07. The number of aromatic amines is 1. The molecule has 0 spiro atoms. The second-order valence-electron chi connectivity index (χ2n) is 4.91. The number of likely N-dealkylation sites (N-methyl/N-ethyl adjacent to an activating group) is 1. The van der Waals surface area contributed by atoms with Crippen LogP contribution in [0.25, 0.3) is 0 Å². The molecule has 7 heteroatoms. The molecule has 1 aliphatic rings. The zero-order chi connectivity index (χ0) is 15.9. The Labute approximate surface area is 144 Å². The molecule has 2 radical (unpaired) electrons. The van der Waals surface area contributed by atoms with Crippen LogP contribution in [0.5, 0.6) is 0 Å². The Kier molecular flexibility index (Phi) is 3.71. The van der Waals surface area contributed by atoms with Gasteiger partial charge in [-0.15, -0.1) is 0 Å². The van der Waals surface area contributed by atoms with Crippen LogP contribution in [-0.2, 0) is 10.3 Å². The summed E-state index contributed by atoms with van der Waals surface area (Å²) in [7, 11) is 1.69. The van der Waals surface area contributed by atoms with Gasteiger partial charge in [-0.3, -0.25) is 0 Å². The number of nitriles is 1. The van der Waals surface area contributed by atoms with E-state index < -0.39 is 5.54 Å². The number of hydrogen-bond donors (Lipinski definition) is 1. The zero-order valence-corrected chi connectivity index (χ0v) is 15.0. The van der Waals surface area contributed by atoms with E-state index in [1.807, 2.05) is 30.3 Å². The monoisotopic (exact) mass is 416 g/mol. The Morgan fingerprint density at radius 2 is 2.18 bits per heavy atom. The summed E-state index contributed by atoms with van der Waals surface area (Å²) in [6.07, 6.45) is 1.67. The first kappa shape index (κ1) is 15.1. The van der Waals surface area contributed by atoms with Crippen LogP contribution in [0.15, 0.2) is 46.0 Å². The number of carbonyl (C=O) groups is 1. The molecule has 0 aliphatic carbocycles. The van der Waals surface area contributed by atoms with Crippen molar-refractivity contribution in [3.63, 3.8) is 0 Å². The number of amides is 1. The predicted octanol–water partition coefficient (Wildman–Crippen LogP) is 1.89. The van der Waals surface area contributed by atoms with Crippen molar-refractivity contribution < 1.29 is 4.79 Å². The van der Waals surface area contributed by atoms with Gasteiger partial charge >= 0.3 is 145 Å². The van der Waals surface area contributed by atoms with Crippen LogP contribution in [0.4, 0.5) is 0 Å². The van der Waals surface area contributed by atoms with E-state index >= 15 is 0 Å². The quantitative estimate of drug-likeness (QED) is 0.759. The van der Waals surface area contributed by atoms with Gasteiger partial charge in [-0.05, 0) is 0 Å². The predicted molar refractivity (Wildman–Crippen MR) is 86.4 cm³/mol. The summed E-state index contributed by atoms with van der Waals surface area (Å²) >= 11 is 5.75. The van der Waals surface area contributed by atoms with E-state index in [2.05, 4.69) is 42.8 Å². The number of aromatic nitrogens is 1. The molecule has 1 atom stereocenters. The van der Waals surface area contributed by atoms with E-state index in [4.69, 9.17) is 5.26 Å². The molecule has 1 aromatic heterocycles. The van der Waals surface area contributed by atoms with Crippen molar-refractivity contribution in [3.8, 4) is 6.07 Å². The molecule has 0 fully saturated rings. The second-order valence-corrected chi connectivity index (χ2v) is 6.67. The van der Waals surface area contributed by atoms with Crippen LogP contribution in [0.1, 0.15) is 16.8 Å². The van der Waals surface area contributed by atoms with Crippen LogP contribution in [-0.4, -0.2) is 44.3 Å². The zero-order valence-electron chi connectivity index (χ0n) is 11.5. The molecule has 1 amide bonds. The molecule has 3 rings (SSSR count). The molecule has 2 heterocycles. The van der Waals surface area contributed by atoms with Gasteiger partial charge in [0.05, 0.1) is 0 Å². The van der Waals surface area contributed by atoms with Crippen molar-refractivity contribution >= 4 is 43.3 Å². The van der Waals surface area contributed by atoms with Crippen molar-refractivity contribution in [1.29, 1.82) is 5.26 Å². The fourth-order valence-corrected chi connectivity index (χ4v) is 3.43. The topological polar surface area (TPSA) is 72.2 Å². The minimum absolute atomic E-state index is 0.148. The molecule has 1 aromatic carbocycles. The van der Waals surface area contributed by atoms with Crippen molar-refractivity contribution in [2.75, 3.05) is 7.05 Å². The molecule has 1 N–H and O–H groups in total. The van der Waals surface area contributed by atoms with Gasteiger partial charge in [0.2, 0.25) is 0 Å². The van der Waals surface area contributed by atoms with Crippen LogP contribution in [0, 0.1) is 11.3 Å². The van der Waals surface area contributed by atoms with Gasteiger partial charge in [0.1, 0.15) is 0 Å². The van der Waals surface area contributed by atoms with Gasteiger partial charge in [-0.2, -0.15) is 0 Å². The molecule has 0 saturated carbocycles.